The third kappa shape index (κ3) is 3.54. The minimum atomic E-state index is -0.613. The van der Waals surface area contributed by atoms with Gasteiger partial charge in [0.1, 0.15) is 18.5 Å². The summed E-state index contributed by atoms with van der Waals surface area (Å²) in [5, 5.41) is 11.7. The number of aryl methyl sites for hydroxylation is 1. The number of morpholine rings is 2. The Hall–Kier alpha value is -0.700. The second-order valence-electron chi connectivity index (χ2n) is 7.83. The molecule has 0 radical (unpaired) electrons. The van der Waals surface area contributed by atoms with Crippen molar-refractivity contribution in [2.75, 3.05) is 65.8 Å². The molecule has 1 aromatic carbocycles. The Bertz CT molecular complexity index is 689. The largest absolute Gasteiger partial charge is 0.490 e. The van der Waals surface area contributed by atoms with Crippen molar-refractivity contribution in [2.45, 2.75) is 25.5 Å². The van der Waals surface area contributed by atoms with Crippen molar-refractivity contribution in [1.82, 2.24) is 9.80 Å². The van der Waals surface area contributed by atoms with Crippen molar-refractivity contribution in [2.24, 2.45) is 0 Å². The fourth-order valence-electron chi connectivity index (χ4n) is 4.44. The number of benzene rings is 1. The van der Waals surface area contributed by atoms with E-state index in [9.17, 15) is 5.11 Å². The fraction of sp³-hybridized carbons (Fsp3) is 0.700. The zero-order valence-corrected chi connectivity index (χ0v) is 17.8. The van der Waals surface area contributed by atoms with E-state index in [1.54, 1.807) is 0 Å². The molecule has 0 spiro atoms. The molecule has 2 fully saturated rings. The number of halogens is 1. The standard InChI is InChI=1S/C20H29BrN2O4/c1-14-11-16-18(17(21)15(14)2)27-13-20(19(16)24,23-5-9-26-10-6-23)12-22-3-7-25-8-4-22/h11,19,24H,3-10,12-13H2,1-2H3. The van der Waals surface area contributed by atoms with Crippen molar-refractivity contribution in [3.63, 3.8) is 0 Å². The number of aliphatic hydroxyl groups excluding tert-OH is 1. The van der Waals surface area contributed by atoms with Gasteiger partial charge in [-0.3, -0.25) is 9.80 Å². The molecule has 3 aliphatic heterocycles. The van der Waals surface area contributed by atoms with E-state index in [1.807, 2.05) is 0 Å². The zero-order valence-electron chi connectivity index (χ0n) is 16.2. The van der Waals surface area contributed by atoms with Gasteiger partial charge < -0.3 is 19.3 Å². The first-order chi connectivity index (χ1) is 13.0. The van der Waals surface area contributed by atoms with Crippen LogP contribution in [0.4, 0.5) is 0 Å². The third-order valence-electron chi connectivity index (χ3n) is 6.27. The molecule has 7 heteroatoms. The highest BCUT2D eigenvalue weighted by Crippen LogP contribution is 2.46. The van der Waals surface area contributed by atoms with Crippen molar-refractivity contribution < 1.29 is 19.3 Å². The summed E-state index contributed by atoms with van der Waals surface area (Å²) < 4.78 is 18.4. The summed E-state index contributed by atoms with van der Waals surface area (Å²) in [6.45, 7) is 11.7. The number of fused-ring (bicyclic) bond motifs is 1. The molecule has 0 saturated carbocycles. The average Bonchev–Trinajstić information content (AvgIpc) is 2.70. The smallest absolute Gasteiger partial charge is 0.139 e. The molecular weight excluding hydrogens is 412 g/mol. The van der Waals surface area contributed by atoms with E-state index in [0.717, 1.165) is 72.9 Å². The second-order valence-corrected chi connectivity index (χ2v) is 8.63. The van der Waals surface area contributed by atoms with Gasteiger partial charge in [0.25, 0.3) is 0 Å². The molecule has 0 aromatic heterocycles. The Morgan fingerprint density at radius 1 is 1.11 bits per heavy atom. The first kappa shape index (κ1) is 19.6. The van der Waals surface area contributed by atoms with E-state index in [4.69, 9.17) is 14.2 Å². The van der Waals surface area contributed by atoms with Gasteiger partial charge in [-0.15, -0.1) is 0 Å². The molecule has 2 unspecified atom stereocenters. The average molecular weight is 441 g/mol. The third-order valence-corrected chi connectivity index (χ3v) is 7.22. The minimum Gasteiger partial charge on any atom is -0.490 e. The molecule has 0 aliphatic carbocycles. The molecule has 3 aliphatic rings. The quantitative estimate of drug-likeness (QED) is 0.774. The van der Waals surface area contributed by atoms with E-state index in [1.165, 1.54) is 0 Å². The Kier molecular flexibility index (Phi) is 5.79. The van der Waals surface area contributed by atoms with Crippen LogP contribution in [0.1, 0.15) is 22.8 Å². The molecule has 6 nitrogen and oxygen atoms in total. The maximum atomic E-state index is 11.7. The zero-order chi connectivity index (χ0) is 19.0. The number of aliphatic hydroxyl groups is 1. The Morgan fingerprint density at radius 2 is 1.74 bits per heavy atom. The SMILES string of the molecule is Cc1cc2c(c(Br)c1C)OCC(CN1CCOCC1)(N1CCOCC1)C2O. The lowest BCUT2D eigenvalue weighted by atomic mass is 9.82. The van der Waals surface area contributed by atoms with Crippen LogP contribution in [0.5, 0.6) is 5.75 Å². The predicted octanol–water partition coefficient (Wildman–Crippen LogP) is 1.89. The number of nitrogens with zero attached hydrogens (tertiary/aromatic N) is 2. The van der Waals surface area contributed by atoms with Gasteiger partial charge in [0.15, 0.2) is 0 Å². The minimum absolute atomic E-state index is 0.472. The number of hydrogen-bond acceptors (Lipinski definition) is 6. The van der Waals surface area contributed by atoms with Crippen molar-refractivity contribution in [3.05, 3.63) is 27.2 Å². The van der Waals surface area contributed by atoms with Crippen LogP contribution in [-0.4, -0.2) is 86.2 Å². The summed E-state index contributed by atoms with van der Waals surface area (Å²) in [6, 6.07) is 2.09. The highest BCUT2D eigenvalue weighted by Gasteiger charge is 2.50. The van der Waals surface area contributed by atoms with Gasteiger partial charge in [-0.1, -0.05) is 0 Å². The fourth-order valence-corrected chi connectivity index (χ4v) is 5.10. The lowest BCUT2D eigenvalue weighted by Gasteiger charge is -2.52. The van der Waals surface area contributed by atoms with Gasteiger partial charge in [-0.25, -0.2) is 0 Å². The van der Waals surface area contributed by atoms with Crippen LogP contribution >= 0.6 is 15.9 Å². The molecule has 1 N–H and O–H groups in total. The monoisotopic (exact) mass is 440 g/mol. The van der Waals surface area contributed by atoms with Gasteiger partial charge >= 0.3 is 0 Å². The maximum absolute atomic E-state index is 11.7. The first-order valence-electron chi connectivity index (χ1n) is 9.76. The molecule has 2 atom stereocenters. The Morgan fingerprint density at radius 3 is 2.41 bits per heavy atom. The van der Waals surface area contributed by atoms with Gasteiger partial charge in [0, 0.05) is 38.3 Å². The van der Waals surface area contributed by atoms with E-state index in [-0.39, 0.29) is 0 Å². The molecule has 1 aromatic rings. The molecule has 0 bridgehead atoms. The van der Waals surface area contributed by atoms with Gasteiger partial charge in [0.05, 0.1) is 36.4 Å². The van der Waals surface area contributed by atoms with Crippen molar-refractivity contribution in [3.8, 4) is 5.75 Å². The summed E-state index contributed by atoms with van der Waals surface area (Å²) in [4.78, 5) is 4.77. The molecular formula is C20H29BrN2O4. The van der Waals surface area contributed by atoms with Crippen LogP contribution in [0.15, 0.2) is 10.5 Å². The summed E-state index contributed by atoms with van der Waals surface area (Å²) in [5.41, 5.74) is 2.73. The van der Waals surface area contributed by atoms with E-state index < -0.39 is 11.6 Å². The topological polar surface area (TPSA) is 54.4 Å². The van der Waals surface area contributed by atoms with E-state index in [0.29, 0.717) is 19.8 Å². The van der Waals surface area contributed by atoms with Crippen LogP contribution in [0.2, 0.25) is 0 Å². The Balaban J connectivity index is 1.72. The van der Waals surface area contributed by atoms with Crippen molar-refractivity contribution in [1.29, 1.82) is 0 Å². The lowest BCUT2D eigenvalue weighted by Crippen LogP contribution is -2.66. The molecule has 0 amide bonds. The van der Waals surface area contributed by atoms with Gasteiger partial charge in [-0.05, 0) is 47.0 Å². The number of hydrogen-bond donors (Lipinski definition) is 1. The van der Waals surface area contributed by atoms with Crippen LogP contribution in [0, 0.1) is 13.8 Å². The summed E-state index contributed by atoms with van der Waals surface area (Å²) in [6.07, 6.45) is -0.613. The summed E-state index contributed by atoms with van der Waals surface area (Å²) >= 11 is 3.68. The van der Waals surface area contributed by atoms with E-state index in [2.05, 4.69) is 45.6 Å². The highest BCUT2D eigenvalue weighted by molar-refractivity contribution is 9.10. The predicted molar refractivity (Wildman–Crippen MR) is 106 cm³/mol. The first-order valence-corrected chi connectivity index (χ1v) is 10.6. The second kappa shape index (κ2) is 7.97. The number of rotatable bonds is 3. The van der Waals surface area contributed by atoms with Gasteiger partial charge in [-0.2, -0.15) is 0 Å². The van der Waals surface area contributed by atoms with Crippen LogP contribution in [0.25, 0.3) is 0 Å². The molecule has 3 heterocycles. The molecule has 2 saturated heterocycles. The molecule has 27 heavy (non-hydrogen) atoms. The number of ether oxygens (including phenoxy) is 3. The van der Waals surface area contributed by atoms with Gasteiger partial charge in [0.2, 0.25) is 0 Å². The van der Waals surface area contributed by atoms with E-state index >= 15 is 0 Å². The Labute approximate surface area is 169 Å². The van der Waals surface area contributed by atoms with Crippen LogP contribution in [0.3, 0.4) is 0 Å². The van der Waals surface area contributed by atoms with Crippen LogP contribution < -0.4 is 4.74 Å². The van der Waals surface area contributed by atoms with Crippen molar-refractivity contribution >= 4 is 15.9 Å². The summed E-state index contributed by atoms with van der Waals surface area (Å²) in [7, 11) is 0. The molecule has 4 rings (SSSR count). The molecule has 150 valence electrons. The highest BCUT2D eigenvalue weighted by atomic mass is 79.9. The maximum Gasteiger partial charge on any atom is 0.139 e. The normalized spacial score (nSPS) is 30.0. The van der Waals surface area contributed by atoms with Crippen LogP contribution in [-0.2, 0) is 9.47 Å². The lowest BCUT2D eigenvalue weighted by molar-refractivity contribution is -0.125. The summed E-state index contributed by atoms with van der Waals surface area (Å²) in [5.74, 6) is 0.788.